The summed E-state index contributed by atoms with van der Waals surface area (Å²) in [6, 6.07) is 0.161. The summed E-state index contributed by atoms with van der Waals surface area (Å²) in [6.07, 6.45) is 0.470. The van der Waals surface area contributed by atoms with Crippen molar-refractivity contribution in [1.29, 1.82) is 0 Å². The molecule has 1 heterocycles. The summed E-state index contributed by atoms with van der Waals surface area (Å²) < 4.78 is 5.23. The van der Waals surface area contributed by atoms with Crippen LogP contribution in [0.2, 0.25) is 0 Å². The van der Waals surface area contributed by atoms with Crippen molar-refractivity contribution in [2.75, 3.05) is 33.9 Å². The number of nitrogens with one attached hydrogen (secondary N) is 2. The van der Waals surface area contributed by atoms with Gasteiger partial charge in [-0.2, -0.15) is 0 Å². The molecule has 0 saturated carbocycles. The van der Waals surface area contributed by atoms with E-state index in [0.29, 0.717) is 13.0 Å². The van der Waals surface area contributed by atoms with Crippen LogP contribution in [0.5, 0.6) is 0 Å². The fourth-order valence-electron chi connectivity index (χ4n) is 1.27. The Balaban J connectivity index is 2.18. The third-order valence-electron chi connectivity index (χ3n) is 1.78. The summed E-state index contributed by atoms with van der Waals surface area (Å²) in [4.78, 5) is 11.3. The molecule has 1 atom stereocenters. The van der Waals surface area contributed by atoms with Crippen molar-refractivity contribution in [3.05, 3.63) is 0 Å². The Morgan fingerprint density at radius 1 is 1.69 bits per heavy atom. The molecule has 5 heteroatoms. The van der Waals surface area contributed by atoms with E-state index in [2.05, 4.69) is 10.7 Å². The summed E-state index contributed by atoms with van der Waals surface area (Å²) in [5.41, 5.74) is 2.69. The second-order valence-corrected chi connectivity index (χ2v) is 3.36. The quantitative estimate of drug-likeness (QED) is 0.554. The lowest BCUT2D eigenvalue weighted by atomic mass is 10.2. The van der Waals surface area contributed by atoms with Crippen molar-refractivity contribution in [2.24, 2.45) is 0 Å². The molecule has 1 rings (SSSR count). The Morgan fingerprint density at radius 2 is 2.46 bits per heavy atom. The number of hydrogen-bond donors (Lipinski definition) is 2. The molecule has 5 nitrogen and oxygen atoms in total. The van der Waals surface area contributed by atoms with Gasteiger partial charge in [0.2, 0.25) is 5.91 Å². The Kier molecular flexibility index (Phi) is 4.14. The third kappa shape index (κ3) is 4.21. The molecule has 1 aliphatic heterocycles. The van der Waals surface area contributed by atoms with Crippen LogP contribution in [0.4, 0.5) is 0 Å². The Morgan fingerprint density at radius 3 is 3.00 bits per heavy atom. The number of hydrazine groups is 1. The number of hydrogen-bond acceptors (Lipinski definition) is 4. The smallest absolute Gasteiger partial charge is 0.235 e. The van der Waals surface area contributed by atoms with E-state index >= 15 is 0 Å². The zero-order valence-electron chi connectivity index (χ0n) is 8.17. The normalized spacial score (nSPS) is 23.2. The first kappa shape index (κ1) is 10.4. The van der Waals surface area contributed by atoms with Gasteiger partial charge in [0.15, 0.2) is 0 Å². The Hall–Kier alpha value is -0.650. The first-order valence-electron chi connectivity index (χ1n) is 4.46. The van der Waals surface area contributed by atoms with E-state index in [4.69, 9.17) is 4.74 Å². The van der Waals surface area contributed by atoms with Crippen LogP contribution in [0.3, 0.4) is 0 Å². The monoisotopic (exact) mass is 187 g/mol. The van der Waals surface area contributed by atoms with E-state index in [1.54, 1.807) is 19.1 Å². The Labute approximate surface area is 78.4 Å². The maximum atomic E-state index is 11.3. The highest BCUT2D eigenvalue weighted by atomic mass is 16.5. The minimum atomic E-state index is 0.0213. The number of rotatable bonds is 3. The van der Waals surface area contributed by atoms with Crippen LogP contribution in [-0.4, -0.2) is 50.8 Å². The second kappa shape index (κ2) is 5.16. The number of carbonyl (C=O) groups is 1. The van der Waals surface area contributed by atoms with Gasteiger partial charge in [0, 0.05) is 33.1 Å². The minimum Gasteiger partial charge on any atom is -0.378 e. The van der Waals surface area contributed by atoms with Crippen LogP contribution in [0, 0.1) is 0 Å². The van der Waals surface area contributed by atoms with E-state index in [0.717, 1.165) is 13.2 Å². The third-order valence-corrected chi connectivity index (χ3v) is 1.78. The van der Waals surface area contributed by atoms with Crippen molar-refractivity contribution in [3.8, 4) is 0 Å². The van der Waals surface area contributed by atoms with Gasteiger partial charge >= 0.3 is 0 Å². The maximum Gasteiger partial charge on any atom is 0.235 e. The lowest BCUT2D eigenvalue weighted by Gasteiger charge is -2.23. The molecule has 1 fully saturated rings. The molecule has 76 valence electrons. The highest BCUT2D eigenvalue weighted by molar-refractivity contribution is 5.76. The van der Waals surface area contributed by atoms with Crippen LogP contribution in [0.1, 0.15) is 6.42 Å². The van der Waals surface area contributed by atoms with Gasteiger partial charge in [-0.25, -0.2) is 5.01 Å². The van der Waals surface area contributed by atoms with Gasteiger partial charge in [-0.05, 0) is 0 Å². The molecule has 0 spiro atoms. The SMILES string of the molecule is CN(C)NC(=O)CC1COCCN1. The first-order valence-corrected chi connectivity index (χ1v) is 4.46. The molecule has 0 aliphatic carbocycles. The van der Waals surface area contributed by atoms with Gasteiger partial charge in [0.1, 0.15) is 0 Å². The van der Waals surface area contributed by atoms with Gasteiger partial charge < -0.3 is 10.1 Å². The van der Waals surface area contributed by atoms with E-state index in [1.165, 1.54) is 0 Å². The zero-order valence-corrected chi connectivity index (χ0v) is 8.17. The molecule has 0 aromatic rings. The van der Waals surface area contributed by atoms with E-state index in [1.807, 2.05) is 0 Å². The molecule has 0 radical (unpaired) electrons. The number of carbonyl (C=O) groups excluding carboxylic acids is 1. The van der Waals surface area contributed by atoms with Crippen molar-refractivity contribution >= 4 is 5.91 Å². The lowest BCUT2D eigenvalue weighted by Crippen LogP contribution is -2.46. The molecule has 2 N–H and O–H groups in total. The average Bonchev–Trinajstić information content (AvgIpc) is 2.04. The van der Waals surface area contributed by atoms with Crippen LogP contribution >= 0.6 is 0 Å². The van der Waals surface area contributed by atoms with Crippen molar-refractivity contribution in [1.82, 2.24) is 15.8 Å². The van der Waals surface area contributed by atoms with Crippen LogP contribution in [0.25, 0.3) is 0 Å². The van der Waals surface area contributed by atoms with Crippen molar-refractivity contribution < 1.29 is 9.53 Å². The number of amides is 1. The zero-order chi connectivity index (χ0) is 9.68. The maximum absolute atomic E-state index is 11.3. The molecular weight excluding hydrogens is 170 g/mol. The standard InChI is InChI=1S/C8H17N3O2/c1-11(2)10-8(12)5-7-6-13-4-3-9-7/h7,9H,3-6H2,1-2H3,(H,10,12). The average molecular weight is 187 g/mol. The van der Waals surface area contributed by atoms with Gasteiger partial charge in [0.25, 0.3) is 0 Å². The summed E-state index contributed by atoms with van der Waals surface area (Å²) >= 11 is 0. The topological polar surface area (TPSA) is 53.6 Å². The van der Waals surface area contributed by atoms with E-state index < -0.39 is 0 Å². The molecule has 0 bridgehead atoms. The number of morpholine rings is 1. The molecule has 0 aromatic carbocycles. The summed E-state index contributed by atoms with van der Waals surface area (Å²) in [5, 5.41) is 4.86. The lowest BCUT2D eigenvalue weighted by molar-refractivity contribution is -0.126. The van der Waals surface area contributed by atoms with Gasteiger partial charge in [-0.3, -0.25) is 10.2 Å². The highest BCUT2D eigenvalue weighted by Gasteiger charge is 2.16. The molecule has 1 saturated heterocycles. The number of nitrogens with zero attached hydrogens (tertiary/aromatic N) is 1. The molecule has 13 heavy (non-hydrogen) atoms. The summed E-state index contributed by atoms with van der Waals surface area (Å²) in [5.74, 6) is 0.0213. The van der Waals surface area contributed by atoms with Gasteiger partial charge in [-0.1, -0.05) is 0 Å². The fourth-order valence-corrected chi connectivity index (χ4v) is 1.27. The molecular formula is C8H17N3O2. The molecule has 1 amide bonds. The fraction of sp³-hybridized carbons (Fsp3) is 0.875. The van der Waals surface area contributed by atoms with E-state index in [9.17, 15) is 4.79 Å². The first-order chi connectivity index (χ1) is 6.18. The minimum absolute atomic E-state index is 0.0213. The van der Waals surface area contributed by atoms with Crippen molar-refractivity contribution in [2.45, 2.75) is 12.5 Å². The molecule has 1 unspecified atom stereocenters. The summed E-state index contributed by atoms with van der Waals surface area (Å²) in [7, 11) is 3.59. The van der Waals surface area contributed by atoms with Crippen LogP contribution < -0.4 is 10.7 Å². The predicted octanol–water partition coefficient (Wildman–Crippen LogP) is -1.04. The highest BCUT2D eigenvalue weighted by Crippen LogP contribution is 1.97. The molecule has 1 aliphatic rings. The van der Waals surface area contributed by atoms with Crippen LogP contribution in [-0.2, 0) is 9.53 Å². The predicted molar refractivity (Wildman–Crippen MR) is 49.1 cm³/mol. The second-order valence-electron chi connectivity index (χ2n) is 3.36. The number of ether oxygens (including phenoxy) is 1. The Bertz CT molecular complexity index is 167. The van der Waals surface area contributed by atoms with Gasteiger partial charge in [0.05, 0.1) is 13.2 Å². The van der Waals surface area contributed by atoms with E-state index in [-0.39, 0.29) is 11.9 Å². The molecule has 0 aromatic heterocycles. The van der Waals surface area contributed by atoms with Crippen LogP contribution in [0.15, 0.2) is 0 Å². The van der Waals surface area contributed by atoms with Crippen molar-refractivity contribution in [3.63, 3.8) is 0 Å². The van der Waals surface area contributed by atoms with Gasteiger partial charge in [-0.15, -0.1) is 0 Å². The largest absolute Gasteiger partial charge is 0.378 e. The summed E-state index contributed by atoms with van der Waals surface area (Å²) in [6.45, 7) is 2.20.